The first-order chi connectivity index (χ1) is 9.51. The van der Waals surface area contributed by atoms with Crippen molar-refractivity contribution in [3.8, 4) is 0 Å². The number of hydrogen-bond acceptors (Lipinski definition) is 3. The van der Waals surface area contributed by atoms with Crippen LogP contribution < -0.4 is 11.3 Å². The maximum Gasteiger partial charge on any atom is 0.0644 e. The molecule has 1 aromatic heterocycles. The van der Waals surface area contributed by atoms with E-state index >= 15 is 0 Å². The summed E-state index contributed by atoms with van der Waals surface area (Å²) in [6.45, 7) is 4.22. The summed E-state index contributed by atoms with van der Waals surface area (Å²) in [5.41, 5.74) is 5.01. The molecule has 1 atom stereocenters. The largest absolute Gasteiger partial charge is 0.271 e. The Morgan fingerprint density at radius 2 is 2.05 bits per heavy atom. The molecule has 0 fully saturated rings. The Kier molecular flexibility index (Phi) is 5.37. The summed E-state index contributed by atoms with van der Waals surface area (Å²) >= 11 is 7.06. The topological polar surface area (TPSA) is 55.9 Å². The van der Waals surface area contributed by atoms with Gasteiger partial charge in [0.25, 0.3) is 0 Å². The van der Waals surface area contributed by atoms with Crippen LogP contribution in [0.5, 0.6) is 0 Å². The highest BCUT2D eigenvalue weighted by Crippen LogP contribution is 2.28. The fourth-order valence-electron chi connectivity index (χ4n) is 2.02. The van der Waals surface area contributed by atoms with Gasteiger partial charge in [0.05, 0.1) is 11.7 Å². The van der Waals surface area contributed by atoms with E-state index in [2.05, 4.69) is 62.3 Å². The molecule has 0 spiro atoms. The lowest BCUT2D eigenvalue weighted by Crippen LogP contribution is -2.30. The molecular weight excluding hydrogens is 384 g/mol. The second-order valence-electron chi connectivity index (χ2n) is 4.97. The van der Waals surface area contributed by atoms with E-state index in [1.807, 2.05) is 29.1 Å². The van der Waals surface area contributed by atoms with Crippen LogP contribution in [-0.2, 0) is 6.42 Å². The minimum atomic E-state index is 0.0115. The van der Waals surface area contributed by atoms with Crippen molar-refractivity contribution in [3.63, 3.8) is 0 Å². The number of nitrogens with one attached hydrogen (secondary N) is 1. The molecule has 3 N–H and O–H groups in total. The zero-order valence-corrected chi connectivity index (χ0v) is 14.6. The second kappa shape index (κ2) is 6.85. The third kappa shape index (κ3) is 3.69. The van der Waals surface area contributed by atoms with Crippen molar-refractivity contribution in [3.05, 3.63) is 50.7 Å². The molecule has 4 nitrogen and oxygen atoms in total. The maximum absolute atomic E-state index is 5.72. The van der Waals surface area contributed by atoms with Crippen LogP contribution in [0.1, 0.15) is 37.2 Å². The molecule has 0 aliphatic rings. The van der Waals surface area contributed by atoms with Crippen molar-refractivity contribution in [2.45, 2.75) is 32.4 Å². The van der Waals surface area contributed by atoms with Gasteiger partial charge in [-0.05, 0) is 43.7 Å². The number of nitrogens with two attached hydrogens (primary N) is 1. The van der Waals surface area contributed by atoms with E-state index in [1.165, 1.54) is 0 Å². The summed E-state index contributed by atoms with van der Waals surface area (Å²) in [6, 6.07) is 8.48. The van der Waals surface area contributed by atoms with Gasteiger partial charge >= 0.3 is 0 Å². The zero-order valence-electron chi connectivity index (χ0n) is 11.5. The second-order valence-corrected chi connectivity index (χ2v) is 6.74. The fraction of sp³-hybridized carbons (Fsp3) is 0.357. The molecule has 0 radical (unpaired) electrons. The minimum absolute atomic E-state index is 0.0115. The summed E-state index contributed by atoms with van der Waals surface area (Å²) in [5.74, 6) is 5.72. The Morgan fingerprint density at radius 1 is 1.30 bits per heavy atom. The van der Waals surface area contributed by atoms with E-state index in [0.717, 1.165) is 26.6 Å². The zero-order chi connectivity index (χ0) is 14.7. The van der Waals surface area contributed by atoms with Gasteiger partial charge in [-0.2, -0.15) is 5.10 Å². The molecule has 0 saturated heterocycles. The molecular formula is C14H18Br2N4. The van der Waals surface area contributed by atoms with Crippen LogP contribution in [0.2, 0.25) is 0 Å². The van der Waals surface area contributed by atoms with Crippen LogP contribution in [0, 0.1) is 0 Å². The lowest BCUT2D eigenvalue weighted by atomic mass is 10.0. The number of benzene rings is 1. The van der Waals surface area contributed by atoms with Crippen molar-refractivity contribution in [1.29, 1.82) is 0 Å². The fourth-order valence-corrected chi connectivity index (χ4v) is 2.93. The predicted molar refractivity (Wildman–Crippen MR) is 88.2 cm³/mol. The number of hydrazine groups is 1. The highest BCUT2D eigenvalue weighted by molar-refractivity contribution is 9.11. The van der Waals surface area contributed by atoms with Gasteiger partial charge in [0.1, 0.15) is 0 Å². The van der Waals surface area contributed by atoms with Gasteiger partial charge in [-0.3, -0.25) is 16.0 Å². The van der Waals surface area contributed by atoms with Gasteiger partial charge in [-0.15, -0.1) is 0 Å². The molecule has 0 aliphatic carbocycles. The van der Waals surface area contributed by atoms with E-state index in [4.69, 9.17) is 5.84 Å². The normalized spacial score (nSPS) is 12.9. The Balaban J connectivity index is 2.21. The number of nitrogens with zero attached hydrogens (tertiary/aromatic N) is 2. The van der Waals surface area contributed by atoms with Crippen molar-refractivity contribution in [2.75, 3.05) is 0 Å². The lowest BCUT2D eigenvalue weighted by molar-refractivity contribution is 0.506. The summed E-state index contributed by atoms with van der Waals surface area (Å²) in [5, 5.41) is 4.57. The Labute approximate surface area is 136 Å². The standard InChI is InChI=1S/C14H18Br2N4/c1-9(2)20-6-5-11(19-20)8-14(18-17)12-7-10(15)3-4-13(12)16/h3-7,9,14,18H,8,17H2,1-2H3. The quantitative estimate of drug-likeness (QED) is 0.592. The molecule has 0 bridgehead atoms. The number of rotatable bonds is 5. The molecule has 0 saturated carbocycles. The lowest BCUT2D eigenvalue weighted by Gasteiger charge is -2.17. The van der Waals surface area contributed by atoms with Gasteiger partial charge in [-0.25, -0.2) is 0 Å². The monoisotopic (exact) mass is 400 g/mol. The molecule has 2 aromatic rings. The smallest absolute Gasteiger partial charge is 0.0644 e. The Hall–Kier alpha value is -0.690. The van der Waals surface area contributed by atoms with E-state index in [0.29, 0.717) is 6.04 Å². The van der Waals surface area contributed by atoms with E-state index in [-0.39, 0.29) is 6.04 Å². The molecule has 0 amide bonds. The molecule has 1 heterocycles. The average Bonchev–Trinajstić information content (AvgIpc) is 2.88. The first-order valence-corrected chi connectivity index (χ1v) is 8.05. The number of halogens is 2. The predicted octanol–water partition coefficient (Wildman–Crippen LogP) is 3.74. The van der Waals surface area contributed by atoms with Crippen molar-refractivity contribution >= 4 is 31.9 Å². The average molecular weight is 402 g/mol. The van der Waals surface area contributed by atoms with Crippen molar-refractivity contribution in [1.82, 2.24) is 15.2 Å². The molecule has 1 aromatic carbocycles. The minimum Gasteiger partial charge on any atom is -0.271 e. The highest BCUT2D eigenvalue weighted by atomic mass is 79.9. The van der Waals surface area contributed by atoms with Gasteiger partial charge in [0.2, 0.25) is 0 Å². The summed E-state index contributed by atoms with van der Waals surface area (Å²) in [6.07, 6.45) is 2.74. The van der Waals surface area contributed by atoms with E-state index < -0.39 is 0 Å². The molecule has 0 aliphatic heterocycles. The molecule has 2 rings (SSSR count). The summed E-state index contributed by atoms with van der Waals surface area (Å²) < 4.78 is 4.02. The molecule has 108 valence electrons. The van der Waals surface area contributed by atoms with Crippen LogP contribution in [-0.4, -0.2) is 9.78 Å². The van der Waals surface area contributed by atoms with Crippen LogP contribution in [0.4, 0.5) is 0 Å². The molecule has 6 heteroatoms. The van der Waals surface area contributed by atoms with E-state index in [9.17, 15) is 0 Å². The number of hydrogen-bond donors (Lipinski definition) is 2. The summed E-state index contributed by atoms with van der Waals surface area (Å²) in [7, 11) is 0. The SMILES string of the molecule is CC(C)n1ccc(CC(NN)c2cc(Br)ccc2Br)n1. The van der Waals surface area contributed by atoms with E-state index in [1.54, 1.807) is 0 Å². The van der Waals surface area contributed by atoms with Gasteiger partial charge < -0.3 is 0 Å². The Bertz CT molecular complexity index is 580. The molecule has 1 unspecified atom stereocenters. The third-order valence-corrected chi connectivity index (χ3v) is 4.36. The van der Waals surface area contributed by atoms with Crippen LogP contribution >= 0.6 is 31.9 Å². The van der Waals surface area contributed by atoms with Crippen LogP contribution in [0.25, 0.3) is 0 Å². The van der Waals surface area contributed by atoms with Crippen molar-refractivity contribution < 1.29 is 0 Å². The van der Waals surface area contributed by atoms with Crippen LogP contribution in [0.15, 0.2) is 39.4 Å². The summed E-state index contributed by atoms with van der Waals surface area (Å²) in [4.78, 5) is 0. The first-order valence-electron chi connectivity index (χ1n) is 6.46. The Morgan fingerprint density at radius 3 is 2.65 bits per heavy atom. The third-order valence-electron chi connectivity index (χ3n) is 3.14. The molecule has 20 heavy (non-hydrogen) atoms. The maximum atomic E-state index is 5.72. The first kappa shape index (κ1) is 15.7. The number of aromatic nitrogens is 2. The van der Waals surface area contributed by atoms with Gasteiger partial charge in [-0.1, -0.05) is 31.9 Å². The highest BCUT2D eigenvalue weighted by Gasteiger charge is 2.16. The van der Waals surface area contributed by atoms with Crippen molar-refractivity contribution in [2.24, 2.45) is 5.84 Å². The van der Waals surface area contributed by atoms with Gasteiger partial charge in [0, 0.05) is 27.6 Å². The van der Waals surface area contributed by atoms with Gasteiger partial charge in [0.15, 0.2) is 0 Å². The van der Waals surface area contributed by atoms with Crippen LogP contribution in [0.3, 0.4) is 0 Å².